The average Bonchev–Trinajstić information content (AvgIpc) is 2.35. The minimum Gasteiger partial charge on any atom is -0.364 e. The van der Waals surface area contributed by atoms with Gasteiger partial charge in [-0.15, -0.1) is 6.58 Å². The smallest absolute Gasteiger partial charge is 0.150 e. The molecule has 0 atom stereocenters. The van der Waals surface area contributed by atoms with Gasteiger partial charge < -0.3 is 4.90 Å². The summed E-state index contributed by atoms with van der Waals surface area (Å²) in [5.41, 5.74) is 1.88. The van der Waals surface area contributed by atoms with Crippen LogP contribution < -0.4 is 4.90 Å². The van der Waals surface area contributed by atoms with Crippen molar-refractivity contribution >= 4 is 12.0 Å². The van der Waals surface area contributed by atoms with E-state index in [1.165, 1.54) is 0 Å². The van der Waals surface area contributed by atoms with E-state index < -0.39 is 0 Å². The van der Waals surface area contributed by atoms with Gasteiger partial charge in [0.15, 0.2) is 0 Å². The predicted octanol–water partition coefficient (Wildman–Crippen LogP) is 2.77. The molecule has 0 N–H and O–H groups in total. The molecule has 0 spiro atoms. The first-order chi connectivity index (χ1) is 8.13. The number of aldehydes is 1. The van der Waals surface area contributed by atoms with Crippen LogP contribution in [0.25, 0.3) is 0 Å². The lowest BCUT2D eigenvalue weighted by Crippen LogP contribution is -2.31. The van der Waals surface area contributed by atoms with Crippen molar-refractivity contribution < 1.29 is 4.79 Å². The second-order valence-electron chi connectivity index (χ2n) is 4.04. The molecule has 0 saturated heterocycles. The zero-order valence-corrected chi connectivity index (χ0v) is 10.2. The van der Waals surface area contributed by atoms with Crippen LogP contribution >= 0.6 is 0 Å². The zero-order valence-electron chi connectivity index (χ0n) is 10.2. The summed E-state index contributed by atoms with van der Waals surface area (Å²) in [5, 5.41) is 9.12. The molecular weight excluding hydrogens is 212 g/mol. The molecule has 0 heterocycles. The molecule has 0 aliphatic heterocycles. The van der Waals surface area contributed by atoms with Crippen LogP contribution in [0.4, 0.5) is 5.69 Å². The van der Waals surface area contributed by atoms with Gasteiger partial charge in [-0.1, -0.05) is 6.08 Å². The van der Waals surface area contributed by atoms with Gasteiger partial charge in [-0.2, -0.15) is 5.26 Å². The number of nitriles is 1. The molecule has 0 amide bonds. The molecule has 0 aromatic heterocycles. The Morgan fingerprint density at radius 3 is 2.71 bits per heavy atom. The Bertz CT molecular complexity index is 458. The van der Waals surface area contributed by atoms with E-state index in [0.29, 0.717) is 17.7 Å². The number of carbonyl (C=O) groups is 1. The molecule has 88 valence electrons. The second kappa shape index (κ2) is 5.86. The Hall–Kier alpha value is -2.08. The van der Waals surface area contributed by atoms with Gasteiger partial charge in [0.1, 0.15) is 12.4 Å². The first-order valence-electron chi connectivity index (χ1n) is 5.51. The maximum Gasteiger partial charge on any atom is 0.150 e. The topological polar surface area (TPSA) is 44.1 Å². The Labute approximate surface area is 102 Å². The third-order valence-electron chi connectivity index (χ3n) is 2.54. The fourth-order valence-corrected chi connectivity index (χ4v) is 1.69. The summed E-state index contributed by atoms with van der Waals surface area (Å²) < 4.78 is 0. The van der Waals surface area contributed by atoms with E-state index in [0.717, 1.165) is 12.0 Å². The predicted molar refractivity (Wildman–Crippen MR) is 69.2 cm³/mol. The molecule has 3 heteroatoms. The fraction of sp³-hybridized carbons (Fsp3) is 0.286. The van der Waals surface area contributed by atoms with Crippen molar-refractivity contribution in [3.63, 3.8) is 0 Å². The first kappa shape index (κ1) is 13.0. The van der Waals surface area contributed by atoms with Crippen LogP contribution in [0.1, 0.15) is 29.8 Å². The van der Waals surface area contributed by atoms with Crippen molar-refractivity contribution in [1.29, 1.82) is 5.26 Å². The van der Waals surface area contributed by atoms with E-state index in [-0.39, 0.29) is 6.04 Å². The third kappa shape index (κ3) is 2.94. The number of nitrogens with zero attached hydrogens (tertiary/aromatic N) is 2. The van der Waals surface area contributed by atoms with Gasteiger partial charge in [0.25, 0.3) is 0 Å². The minimum atomic E-state index is 0.266. The highest BCUT2D eigenvalue weighted by Crippen LogP contribution is 2.23. The van der Waals surface area contributed by atoms with Gasteiger partial charge in [0.2, 0.25) is 0 Å². The summed E-state index contributed by atoms with van der Waals surface area (Å²) in [6.07, 6.45) is 2.55. The summed E-state index contributed by atoms with van der Waals surface area (Å²) >= 11 is 0. The molecule has 1 aromatic carbocycles. The molecule has 0 saturated carbocycles. The molecule has 1 rings (SSSR count). The maximum atomic E-state index is 10.7. The molecule has 0 unspecified atom stereocenters. The van der Waals surface area contributed by atoms with Crippen molar-refractivity contribution in [2.24, 2.45) is 0 Å². The molecule has 0 aliphatic rings. The lowest BCUT2D eigenvalue weighted by molar-refractivity contribution is 0.112. The summed E-state index contributed by atoms with van der Waals surface area (Å²) in [7, 11) is 0. The lowest BCUT2D eigenvalue weighted by atomic mass is 10.1. The molecule has 3 nitrogen and oxygen atoms in total. The van der Waals surface area contributed by atoms with E-state index in [1.54, 1.807) is 18.2 Å². The molecular formula is C14H16N2O. The van der Waals surface area contributed by atoms with Gasteiger partial charge in [-0.3, -0.25) is 4.79 Å². The maximum absolute atomic E-state index is 10.7. The monoisotopic (exact) mass is 228 g/mol. The van der Waals surface area contributed by atoms with Gasteiger partial charge >= 0.3 is 0 Å². The van der Waals surface area contributed by atoms with Crippen molar-refractivity contribution in [1.82, 2.24) is 0 Å². The van der Waals surface area contributed by atoms with Gasteiger partial charge in [0, 0.05) is 18.2 Å². The van der Waals surface area contributed by atoms with Crippen LogP contribution in [0.15, 0.2) is 30.9 Å². The van der Waals surface area contributed by atoms with Gasteiger partial charge in [0.05, 0.1) is 11.3 Å². The average molecular weight is 228 g/mol. The van der Waals surface area contributed by atoms with Crippen LogP contribution in [-0.2, 0) is 0 Å². The van der Waals surface area contributed by atoms with E-state index in [9.17, 15) is 4.79 Å². The van der Waals surface area contributed by atoms with Gasteiger partial charge in [-0.25, -0.2) is 0 Å². The van der Waals surface area contributed by atoms with E-state index in [2.05, 4.69) is 31.4 Å². The van der Waals surface area contributed by atoms with Crippen molar-refractivity contribution in [2.45, 2.75) is 19.9 Å². The number of benzene rings is 1. The van der Waals surface area contributed by atoms with Crippen LogP contribution in [0.5, 0.6) is 0 Å². The normalized spacial score (nSPS) is 9.76. The highest BCUT2D eigenvalue weighted by molar-refractivity contribution is 5.78. The second-order valence-corrected chi connectivity index (χ2v) is 4.04. The number of hydrogen-bond acceptors (Lipinski definition) is 3. The molecule has 0 radical (unpaired) electrons. The SMILES string of the molecule is C=CCN(c1ccc(C=O)cc1C#N)C(C)C. The lowest BCUT2D eigenvalue weighted by Gasteiger charge is -2.28. The zero-order chi connectivity index (χ0) is 12.8. The molecule has 1 aromatic rings. The van der Waals surface area contributed by atoms with Crippen LogP contribution in [-0.4, -0.2) is 18.9 Å². The van der Waals surface area contributed by atoms with Crippen molar-refractivity contribution in [3.05, 3.63) is 42.0 Å². The van der Waals surface area contributed by atoms with Crippen LogP contribution in [0.2, 0.25) is 0 Å². The molecule has 0 aliphatic carbocycles. The first-order valence-corrected chi connectivity index (χ1v) is 5.51. The highest BCUT2D eigenvalue weighted by Gasteiger charge is 2.13. The van der Waals surface area contributed by atoms with E-state index in [4.69, 9.17) is 5.26 Å². The van der Waals surface area contributed by atoms with E-state index in [1.807, 2.05) is 6.07 Å². The van der Waals surface area contributed by atoms with Crippen LogP contribution in [0.3, 0.4) is 0 Å². The quantitative estimate of drug-likeness (QED) is 0.575. The van der Waals surface area contributed by atoms with Crippen LogP contribution in [0, 0.1) is 11.3 Å². The summed E-state index contributed by atoms with van der Waals surface area (Å²) in [5.74, 6) is 0. The Morgan fingerprint density at radius 1 is 1.53 bits per heavy atom. The van der Waals surface area contributed by atoms with Crippen molar-refractivity contribution in [3.8, 4) is 6.07 Å². The number of hydrogen-bond donors (Lipinski definition) is 0. The summed E-state index contributed by atoms with van der Waals surface area (Å²) in [4.78, 5) is 12.7. The molecule has 17 heavy (non-hydrogen) atoms. The highest BCUT2D eigenvalue weighted by atomic mass is 16.1. The molecule has 0 bridgehead atoms. The summed E-state index contributed by atoms with van der Waals surface area (Å²) in [6, 6.07) is 7.54. The van der Waals surface area contributed by atoms with Gasteiger partial charge in [-0.05, 0) is 32.0 Å². The minimum absolute atomic E-state index is 0.266. The fourth-order valence-electron chi connectivity index (χ4n) is 1.69. The van der Waals surface area contributed by atoms with Crippen molar-refractivity contribution in [2.75, 3.05) is 11.4 Å². The number of anilines is 1. The Kier molecular flexibility index (Phi) is 4.47. The number of carbonyl (C=O) groups excluding carboxylic acids is 1. The Balaban J connectivity index is 3.23. The Morgan fingerprint density at radius 2 is 2.24 bits per heavy atom. The summed E-state index contributed by atoms with van der Waals surface area (Å²) in [6.45, 7) is 8.50. The molecule has 0 fully saturated rings. The number of rotatable bonds is 5. The van der Waals surface area contributed by atoms with E-state index >= 15 is 0 Å². The third-order valence-corrected chi connectivity index (χ3v) is 2.54. The standard InChI is InChI=1S/C14H16N2O/c1-4-7-16(11(2)3)14-6-5-12(10-17)8-13(14)9-15/h4-6,8,10-11H,1,7H2,2-3H3. The largest absolute Gasteiger partial charge is 0.364 e.